The van der Waals surface area contributed by atoms with Crippen LogP contribution in [0.5, 0.6) is 0 Å². The molecule has 0 fully saturated rings. The highest BCUT2D eigenvalue weighted by atomic mass is 16.4. The summed E-state index contributed by atoms with van der Waals surface area (Å²) in [5.74, 6) is -0.756. The number of rotatable bonds is 10. The SMILES string of the molecule is CC(C)NCCNCC(C)NCCC(=O)O. The number of carboxylic acid groups (broad SMARTS) is 1. The van der Waals surface area contributed by atoms with Gasteiger partial charge in [-0.15, -0.1) is 0 Å². The molecule has 0 radical (unpaired) electrons. The molecule has 0 saturated carbocycles. The van der Waals surface area contributed by atoms with E-state index in [1.807, 2.05) is 6.92 Å². The molecule has 0 heterocycles. The fourth-order valence-corrected chi connectivity index (χ4v) is 1.27. The van der Waals surface area contributed by atoms with E-state index < -0.39 is 5.97 Å². The molecule has 5 heteroatoms. The monoisotopic (exact) mass is 231 g/mol. The van der Waals surface area contributed by atoms with Crippen LogP contribution in [0.1, 0.15) is 27.2 Å². The van der Waals surface area contributed by atoms with Gasteiger partial charge in [-0.05, 0) is 6.92 Å². The lowest BCUT2D eigenvalue weighted by molar-refractivity contribution is -0.136. The highest BCUT2D eigenvalue weighted by molar-refractivity contribution is 5.66. The van der Waals surface area contributed by atoms with E-state index in [0.29, 0.717) is 18.6 Å². The Hall–Kier alpha value is -0.650. The Balaban J connectivity index is 3.23. The van der Waals surface area contributed by atoms with Crippen LogP contribution in [-0.2, 0) is 4.79 Å². The minimum absolute atomic E-state index is 0.180. The Labute approximate surface area is 98.0 Å². The third kappa shape index (κ3) is 11.4. The summed E-state index contributed by atoms with van der Waals surface area (Å²) in [6, 6.07) is 0.825. The van der Waals surface area contributed by atoms with Crippen molar-refractivity contribution < 1.29 is 9.90 Å². The van der Waals surface area contributed by atoms with Crippen LogP contribution in [0, 0.1) is 0 Å². The van der Waals surface area contributed by atoms with E-state index in [9.17, 15) is 4.79 Å². The molecule has 0 aliphatic carbocycles. The van der Waals surface area contributed by atoms with E-state index in [0.717, 1.165) is 19.6 Å². The molecule has 0 rings (SSSR count). The second-order valence-electron chi connectivity index (χ2n) is 4.31. The molecule has 0 bridgehead atoms. The van der Waals surface area contributed by atoms with Gasteiger partial charge in [0.15, 0.2) is 0 Å². The standard InChI is InChI=1S/C11H25N3O2/c1-9(2)13-7-6-12-8-10(3)14-5-4-11(15)16/h9-10,12-14H,4-8H2,1-3H3,(H,15,16). The van der Waals surface area contributed by atoms with Gasteiger partial charge >= 0.3 is 5.97 Å². The van der Waals surface area contributed by atoms with Gasteiger partial charge in [0.25, 0.3) is 0 Å². The van der Waals surface area contributed by atoms with Gasteiger partial charge in [0.2, 0.25) is 0 Å². The minimum Gasteiger partial charge on any atom is -0.481 e. The van der Waals surface area contributed by atoms with Crippen molar-refractivity contribution in [3.05, 3.63) is 0 Å². The Morgan fingerprint density at radius 2 is 1.81 bits per heavy atom. The maximum absolute atomic E-state index is 10.3. The molecule has 0 aromatic carbocycles. The second-order valence-corrected chi connectivity index (χ2v) is 4.31. The zero-order valence-electron chi connectivity index (χ0n) is 10.5. The van der Waals surface area contributed by atoms with Crippen LogP contribution in [-0.4, -0.2) is 49.3 Å². The van der Waals surface area contributed by atoms with Crippen molar-refractivity contribution in [2.24, 2.45) is 0 Å². The fourth-order valence-electron chi connectivity index (χ4n) is 1.27. The zero-order valence-corrected chi connectivity index (χ0v) is 10.5. The summed E-state index contributed by atoms with van der Waals surface area (Å²) >= 11 is 0. The summed E-state index contributed by atoms with van der Waals surface area (Å²) in [7, 11) is 0. The van der Waals surface area contributed by atoms with Crippen molar-refractivity contribution >= 4 is 5.97 Å². The Kier molecular flexibility index (Phi) is 9.18. The van der Waals surface area contributed by atoms with Crippen molar-refractivity contribution in [2.75, 3.05) is 26.2 Å². The van der Waals surface area contributed by atoms with Crippen LogP contribution in [0.3, 0.4) is 0 Å². The molecule has 1 unspecified atom stereocenters. The number of carbonyl (C=O) groups is 1. The number of hydrogen-bond acceptors (Lipinski definition) is 4. The molecule has 96 valence electrons. The third-order valence-corrected chi connectivity index (χ3v) is 2.14. The maximum Gasteiger partial charge on any atom is 0.304 e. The summed E-state index contributed by atoms with van der Waals surface area (Å²) in [6.45, 7) is 9.57. The molecule has 0 saturated heterocycles. The molecule has 5 nitrogen and oxygen atoms in total. The van der Waals surface area contributed by atoms with Crippen LogP contribution in [0.4, 0.5) is 0 Å². The molecule has 0 amide bonds. The first-order valence-electron chi connectivity index (χ1n) is 5.91. The maximum atomic E-state index is 10.3. The second kappa shape index (κ2) is 9.57. The van der Waals surface area contributed by atoms with Crippen LogP contribution < -0.4 is 16.0 Å². The van der Waals surface area contributed by atoms with Crippen molar-refractivity contribution in [3.8, 4) is 0 Å². The van der Waals surface area contributed by atoms with Gasteiger partial charge in [-0.2, -0.15) is 0 Å². The average molecular weight is 231 g/mol. The van der Waals surface area contributed by atoms with Crippen LogP contribution in [0.15, 0.2) is 0 Å². The molecular weight excluding hydrogens is 206 g/mol. The first kappa shape index (κ1) is 15.3. The van der Waals surface area contributed by atoms with Gasteiger partial charge < -0.3 is 21.1 Å². The molecule has 4 N–H and O–H groups in total. The summed E-state index contributed by atoms with van der Waals surface area (Å²) < 4.78 is 0. The van der Waals surface area contributed by atoms with Crippen LogP contribution >= 0.6 is 0 Å². The quantitative estimate of drug-likeness (QED) is 0.399. The number of aliphatic carboxylic acids is 1. The third-order valence-electron chi connectivity index (χ3n) is 2.14. The van der Waals surface area contributed by atoms with E-state index in [2.05, 4.69) is 29.8 Å². The molecule has 1 atom stereocenters. The van der Waals surface area contributed by atoms with E-state index in [1.54, 1.807) is 0 Å². The Bertz CT molecular complexity index is 186. The van der Waals surface area contributed by atoms with E-state index >= 15 is 0 Å². The zero-order chi connectivity index (χ0) is 12.4. The van der Waals surface area contributed by atoms with Crippen molar-refractivity contribution in [3.63, 3.8) is 0 Å². The van der Waals surface area contributed by atoms with E-state index in [-0.39, 0.29) is 6.42 Å². The van der Waals surface area contributed by atoms with Gasteiger partial charge in [0, 0.05) is 38.3 Å². The lowest BCUT2D eigenvalue weighted by Gasteiger charge is -2.14. The van der Waals surface area contributed by atoms with E-state index in [1.165, 1.54) is 0 Å². The van der Waals surface area contributed by atoms with E-state index in [4.69, 9.17) is 5.11 Å². The predicted molar refractivity (Wildman–Crippen MR) is 65.7 cm³/mol. The fraction of sp³-hybridized carbons (Fsp3) is 0.909. The predicted octanol–water partition coefficient (Wildman–Crippen LogP) is 0.0268. The number of nitrogens with one attached hydrogen (secondary N) is 3. The van der Waals surface area contributed by atoms with Crippen LogP contribution in [0.25, 0.3) is 0 Å². The first-order valence-corrected chi connectivity index (χ1v) is 5.91. The Morgan fingerprint density at radius 1 is 1.12 bits per heavy atom. The van der Waals surface area contributed by atoms with Gasteiger partial charge in [-0.25, -0.2) is 0 Å². The summed E-state index contributed by atoms with van der Waals surface area (Å²) in [4.78, 5) is 10.3. The van der Waals surface area contributed by atoms with Gasteiger partial charge in [0.05, 0.1) is 6.42 Å². The minimum atomic E-state index is -0.756. The first-order chi connectivity index (χ1) is 7.52. The largest absolute Gasteiger partial charge is 0.481 e. The number of carboxylic acids is 1. The lowest BCUT2D eigenvalue weighted by Crippen LogP contribution is -2.40. The summed E-state index contributed by atoms with van der Waals surface area (Å²) in [5.41, 5.74) is 0. The highest BCUT2D eigenvalue weighted by Crippen LogP contribution is 1.81. The van der Waals surface area contributed by atoms with Crippen molar-refractivity contribution in [2.45, 2.75) is 39.3 Å². The normalized spacial score (nSPS) is 13.0. The molecule has 0 spiro atoms. The van der Waals surface area contributed by atoms with Crippen LogP contribution in [0.2, 0.25) is 0 Å². The molecule has 0 aromatic rings. The molecule has 0 aliphatic heterocycles. The van der Waals surface area contributed by atoms with Gasteiger partial charge in [-0.3, -0.25) is 4.79 Å². The van der Waals surface area contributed by atoms with Crippen molar-refractivity contribution in [1.29, 1.82) is 0 Å². The summed E-state index contributed by atoms with van der Waals surface area (Å²) in [6.07, 6.45) is 0.180. The molecule has 0 aromatic heterocycles. The van der Waals surface area contributed by atoms with Gasteiger partial charge in [-0.1, -0.05) is 13.8 Å². The van der Waals surface area contributed by atoms with Gasteiger partial charge in [0.1, 0.15) is 0 Å². The smallest absolute Gasteiger partial charge is 0.304 e. The molecular formula is C11H25N3O2. The molecule has 0 aliphatic rings. The average Bonchev–Trinajstić information content (AvgIpc) is 2.16. The lowest BCUT2D eigenvalue weighted by atomic mass is 10.3. The number of hydrogen-bond donors (Lipinski definition) is 4. The Morgan fingerprint density at radius 3 is 2.38 bits per heavy atom. The molecule has 16 heavy (non-hydrogen) atoms. The highest BCUT2D eigenvalue weighted by Gasteiger charge is 2.02. The van der Waals surface area contributed by atoms with Crippen molar-refractivity contribution in [1.82, 2.24) is 16.0 Å². The topological polar surface area (TPSA) is 73.4 Å². The summed E-state index contributed by atoms with van der Waals surface area (Å²) in [5, 5.41) is 18.2.